The Labute approximate surface area is 117 Å². The highest BCUT2D eigenvalue weighted by atomic mass is 16.4. The van der Waals surface area contributed by atoms with Crippen LogP contribution in [0.25, 0.3) is 0 Å². The molecule has 1 aromatic carbocycles. The summed E-state index contributed by atoms with van der Waals surface area (Å²) in [6.45, 7) is 4.27. The van der Waals surface area contributed by atoms with Crippen molar-refractivity contribution in [1.29, 1.82) is 0 Å². The molecule has 6 heteroatoms. The maximum absolute atomic E-state index is 10.9. The molecular weight excluding hydrogens is 258 g/mol. The Hall–Kier alpha value is -2.24. The minimum Gasteiger partial charge on any atom is -0.465 e. The molecule has 0 fully saturated rings. The van der Waals surface area contributed by atoms with Crippen molar-refractivity contribution in [3.8, 4) is 0 Å². The average Bonchev–Trinajstić information content (AvgIpc) is 2.42. The van der Waals surface area contributed by atoms with Crippen LogP contribution in [0.15, 0.2) is 40.6 Å². The van der Waals surface area contributed by atoms with Gasteiger partial charge in [0.1, 0.15) is 6.29 Å². The first-order valence-corrected chi connectivity index (χ1v) is 6.27. The Kier molecular flexibility index (Phi) is 5.83. The van der Waals surface area contributed by atoms with E-state index >= 15 is 0 Å². The van der Waals surface area contributed by atoms with Gasteiger partial charge in [-0.1, -0.05) is 44.2 Å². The van der Waals surface area contributed by atoms with E-state index in [1.807, 2.05) is 30.3 Å². The number of carbonyl (C=O) groups is 2. The van der Waals surface area contributed by atoms with E-state index in [0.717, 1.165) is 5.56 Å². The van der Waals surface area contributed by atoms with Crippen molar-refractivity contribution < 1.29 is 14.7 Å². The van der Waals surface area contributed by atoms with Crippen LogP contribution in [0.1, 0.15) is 19.4 Å². The lowest BCUT2D eigenvalue weighted by Gasteiger charge is -2.28. The number of benzene rings is 1. The first kappa shape index (κ1) is 15.8. The van der Waals surface area contributed by atoms with Crippen molar-refractivity contribution in [2.75, 3.05) is 6.54 Å². The molecule has 0 aromatic heterocycles. The summed E-state index contributed by atoms with van der Waals surface area (Å²) >= 11 is 0. The number of rotatable bonds is 7. The second kappa shape index (κ2) is 7.37. The standard InChI is InChI=1S/C14H19N3O3/c1-14(2,12(9-18)17-13(19)20)10-16-15-8-11-6-4-3-5-7-11/h3-7,9,12,17H,8,10H2,1-2H3,(H,19,20). The highest BCUT2D eigenvalue weighted by Gasteiger charge is 2.30. The molecule has 0 aliphatic rings. The molecule has 1 rings (SSSR count). The molecule has 6 nitrogen and oxygen atoms in total. The molecule has 0 aliphatic heterocycles. The first-order valence-electron chi connectivity index (χ1n) is 6.27. The van der Waals surface area contributed by atoms with E-state index < -0.39 is 17.6 Å². The molecule has 0 bridgehead atoms. The Bertz CT molecular complexity index is 472. The molecule has 0 heterocycles. The Balaban J connectivity index is 2.53. The SMILES string of the molecule is CC(C)(CN=NCc1ccccc1)C(C=O)NC(=O)O. The van der Waals surface area contributed by atoms with Crippen LogP contribution in [0.4, 0.5) is 4.79 Å². The summed E-state index contributed by atoms with van der Waals surface area (Å²) in [6, 6.07) is 8.86. The van der Waals surface area contributed by atoms with Gasteiger partial charge in [-0.25, -0.2) is 4.79 Å². The van der Waals surface area contributed by atoms with Gasteiger partial charge in [-0.05, 0) is 5.56 Å². The Morgan fingerprint density at radius 3 is 2.55 bits per heavy atom. The van der Waals surface area contributed by atoms with Crippen molar-refractivity contribution in [3.63, 3.8) is 0 Å². The van der Waals surface area contributed by atoms with Gasteiger partial charge < -0.3 is 15.2 Å². The summed E-state index contributed by atoms with van der Waals surface area (Å²) in [5, 5.41) is 19.0. The molecule has 2 N–H and O–H groups in total. The number of hydrogen-bond acceptors (Lipinski definition) is 4. The molecule has 108 valence electrons. The number of nitrogens with zero attached hydrogens (tertiary/aromatic N) is 2. The van der Waals surface area contributed by atoms with E-state index in [4.69, 9.17) is 5.11 Å². The Morgan fingerprint density at radius 2 is 2.00 bits per heavy atom. The minimum atomic E-state index is -1.23. The zero-order valence-electron chi connectivity index (χ0n) is 11.6. The average molecular weight is 277 g/mol. The number of hydrogen-bond donors (Lipinski definition) is 2. The van der Waals surface area contributed by atoms with Gasteiger partial charge >= 0.3 is 6.09 Å². The van der Waals surface area contributed by atoms with Crippen LogP contribution in [-0.4, -0.2) is 30.1 Å². The first-order chi connectivity index (χ1) is 9.45. The van der Waals surface area contributed by atoms with Crippen LogP contribution < -0.4 is 5.32 Å². The van der Waals surface area contributed by atoms with Crippen LogP contribution in [0.5, 0.6) is 0 Å². The molecule has 0 aliphatic carbocycles. The quantitative estimate of drug-likeness (QED) is 0.592. The second-order valence-corrected chi connectivity index (χ2v) is 5.14. The van der Waals surface area contributed by atoms with Gasteiger partial charge in [0, 0.05) is 5.41 Å². The van der Waals surface area contributed by atoms with Crippen molar-refractivity contribution in [2.24, 2.45) is 15.6 Å². The summed E-state index contributed by atoms with van der Waals surface area (Å²) in [5.74, 6) is 0. The van der Waals surface area contributed by atoms with Crippen LogP contribution in [0.3, 0.4) is 0 Å². The summed E-state index contributed by atoms with van der Waals surface area (Å²) in [4.78, 5) is 21.5. The normalized spacial score (nSPS) is 13.1. The maximum Gasteiger partial charge on any atom is 0.405 e. The van der Waals surface area contributed by atoms with Crippen molar-refractivity contribution in [3.05, 3.63) is 35.9 Å². The van der Waals surface area contributed by atoms with Gasteiger partial charge in [0.05, 0.1) is 19.1 Å². The number of azo groups is 1. The summed E-state index contributed by atoms with van der Waals surface area (Å²) < 4.78 is 0. The van der Waals surface area contributed by atoms with Gasteiger partial charge in [0.25, 0.3) is 0 Å². The summed E-state index contributed by atoms with van der Waals surface area (Å²) in [5.41, 5.74) is 0.421. The molecule has 0 saturated heterocycles. The molecule has 1 unspecified atom stereocenters. The molecule has 0 radical (unpaired) electrons. The van der Waals surface area contributed by atoms with E-state index in [0.29, 0.717) is 12.8 Å². The lowest BCUT2D eigenvalue weighted by Crippen LogP contribution is -2.47. The lowest BCUT2D eigenvalue weighted by atomic mass is 9.85. The smallest absolute Gasteiger partial charge is 0.405 e. The third kappa shape index (κ3) is 5.17. The fourth-order valence-electron chi connectivity index (χ4n) is 1.59. The third-order valence-electron chi connectivity index (χ3n) is 2.93. The fraction of sp³-hybridized carbons (Fsp3) is 0.429. The predicted octanol–water partition coefficient (Wildman–Crippen LogP) is 2.50. The van der Waals surface area contributed by atoms with Crippen LogP contribution in [0, 0.1) is 5.41 Å². The highest BCUT2D eigenvalue weighted by molar-refractivity contribution is 5.72. The highest BCUT2D eigenvalue weighted by Crippen LogP contribution is 2.20. The zero-order valence-corrected chi connectivity index (χ0v) is 11.6. The van der Waals surface area contributed by atoms with Crippen molar-refractivity contribution in [2.45, 2.75) is 26.4 Å². The van der Waals surface area contributed by atoms with Crippen LogP contribution >= 0.6 is 0 Å². The van der Waals surface area contributed by atoms with E-state index in [9.17, 15) is 9.59 Å². The number of amides is 1. The predicted molar refractivity (Wildman–Crippen MR) is 74.7 cm³/mol. The topological polar surface area (TPSA) is 91.1 Å². The van der Waals surface area contributed by atoms with Crippen LogP contribution in [-0.2, 0) is 11.3 Å². The molecule has 1 aromatic rings. The summed E-state index contributed by atoms with van der Waals surface area (Å²) in [6.07, 6.45) is -0.641. The Morgan fingerprint density at radius 1 is 1.35 bits per heavy atom. The minimum absolute atomic E-state index is 0.267. The molecule has 1 atom stereocenters. The maximum atomic E-state index is 10.9. The number of carboxylic acid groups (broad SMARTS) is 1. The van der Waals surface area contributed by atoms with Gasteiger partial charge in [0.15, 0.2) is 0 Å². The molecule has 20 heavy (non-hydrogen) atoms. The van der Waals surface area contributed by atoms with Gasteiger partial charge in [0.2, 0.25) is 0 Å². The van der Waals surface area contributed by atoms with Gasteiger partial charge in [-0.15, -0.1) is 0 Å². The second-order valence-electron chi connectivity index (χ2n) is 5.14. The van der Waals surface area contributed by atoms with Crippen molar-refractivity contribution >= 4 is 12.4 Å². The van der Waals surface area contributed by atoms with Crippen LogP contribution in [0.2, 0.25) is 0 Å². The number of carbonyl (C=O) groups excluding carboxylic acids is 1. The molecule has 1 amide bonds. The van der Waals surface area contributed by atoms with E-state index in [-0.39, 0.29) is 6.54 Å². The van der Waals surface area contributed by atoms with E-state index in [1.54, 1.807) is 13.8 Å². The van der Waals surface area contributed by atoms with E-state index in [2.05, 4.69) is 15.5 Å². The summed E-state index contributed by atoms with van der Waals surface area (Å²) in [7, 11) is 0. The van der Waals surface area contributed by atoms with E-state index in [1.165, 1.54) is 0 Å². The number of aldehydes is 1. The molecular formula is C14H19N3O3. The zero-order chi connectivity index (χ0) is 15.0. The number of nitrogens with one attached hydrogen (secondary N) is 1. The van der Waals surface area contributed by atoms with Gasteiger partial charge in [-0.3, -0.25) is 0 Å². The van der Waals surface area contributed by atoms with Crippen molar-refractivity contribution in [1.82, 2.24) is 5.32 Å². The third-order valence-corrected chi connectivity index (χ3v) is 2.93. The van der Waals surface area contributed by atoms with Gasteiger partial charge in [-0.2, -0.15) is 10.2 Å². The fourth-order valence-corrected chi connectivity index (χ4v) is 1.59. The monoisotopic (exact) mass is 277 g/mol. The largest absolute Gasteiger partial charge is 0.465 e. The molecule has 0 spiro atoms. The lowest BCUT2D eigenvalue weighted by molar-refractivity contribution is -0.111. The molecule has 0 saturated carbocycles.